The van der Waals surface area contributed by atoms with E-state index in [2.05, 4.69) is 26.1 Å². The molecule has 0 radical (unpaired) electrons. The number of nitrogens with zero attached hydrogens (tertiary/aromatic N) is 1. The summed E-state index contributed by atoms with van der Waals surface area (Å²) in [5.41, 5.74) is 0. The third-order valence-corrected chi connectivity index (χ3v) is 4.94. The lowest BCUT2D eigenvalue weighted by Crippen LogP contribution is -2.50. The first-order valence-corrected chi connectivity index (χ1v) is 8.85. The Labute approximate surface area is 135 Å². The summed E-state index contributed by atoms with van der Waals surface area (Å²) in [6, 6.07) is 2.93. The van der Waals surface area contributed by atoms with E-state index in [1.165, 1.54) is 6.26 Å². The molecule has 1 aliphatic rings. The zero-order chi connectivity index (χ0) is 16.1. The summed E-state index contributed by atoms with van der Waals surface area (Å²) in [6.07, 6.45) is 3.34. The second-order valence-electron chi connectivity index (χ2n) is 5.92. The Balaban J connectivity index is 2.14. The number of nitrogens with one attached hydrogen (secondary N) is 1. The van der Waals surface area contributed by atoms with Gasteiger partial charge in [-0.25, -0.2) is 0 Å². The van der Waals surface area contributed by atoms with E-state index >= 15 is 0 Å². The Kier molecular flexibility index (Phi) is 5.94. The summed E-state index contributed by atoms with van der Waals surface area (Å²) < 4.78 is 5.23. The van der Waals surface area contributed by atoms with Gasteiger partial charge in [0.25, 0.3) is 5.91 Å². The van der Waals surface area contributed by atoms with Crippen LogP contribution in [0.5, 0.6) is 0 Å². The van der Waals surface area contributed by atoms with Gasteiger partial charge in [0.2, 0.25) is 5.91 Å². The lowest BCUT2D eigenvalue weighted by molar-refractivity contribution is -0.125. The summed E-state index contributed by atoms with van der Waals surface area (Å²) in [7, 11) is 0. The Morgan fingerprint density at radius 3 is 2.86 bits per heavy atom. The van der Waals surface area contributed by atoms with Crippen LogP contribution >= 0.6 is 11.8 Å². The Bertz CT molecular complexity index is 501. The van der Waals surface area contributed by atoms with Crippen molar-refractivity contribution < 1.29 is 14.0 Å². The highest BCUT2D eigenvalue weighted by atomic mass is 32.2. The lowest BCUT2D eigenvalue weighted by Gasteiger charge is -2.28. The molecule has 0 saturated carbocycles. The molecular formula is C16H24N2O3S. The molecule has 2 rings (SSSR count). The van der Waals surface area contributed by atoms with Gasteiger partial charge in [-0.15, -0.1) is 11.8 Å². The van der Waals surface area contributed by atoms with Gasteiger partial charge in [0, 0.05) is 12.3 Å². The molecule has 1 aliphatic heterocycles. The van der Waals surface area contributed by atoms with Crippen molar-refractivity contribution >= 4 is 23.6 Å². The van der Waals surface area contributed by atoms with Crippen LogP contribution < -0.4 is 5.32 Å². The maximum absolute atomic E-state index is 12.7. The van der Waals surface area contributed by atoms with Crippen molar-refractivity contribution in [1.29, 1.82) is 0 Å². The van der Waals surface area contributed by atoms with Crippen LogP contribution in [0, 0.1) is 5.92 Å². The summed E-state index contributed by atoms with van der Waals surface area (Å²) in [5, 5.41) is 2.98. The van der Waals surface area contributed by atoms with Crippen molar-refractivity contribution in [2.75, 3.05) is 12.3 Å². The zero-order valence-corrected chi connectivity index (χ0v) is 14.2. The molecule has 0 spiro atoms. The summed E-state index contributed by atoms with van der Waals surface area (Å²) in [5.74, 6) is 1.06. The van der Waals surface area contributed by atoms with Crippen LogP contribution in [0.15, 0.2) is 22.8 Å². The fourth-order valence-electron chi connectivity index (χ4n) is 2.46. The predicted octanol–water partition coefficient (Wildman–Crippen LogP) is 2.74. The van der Waals surface area contributed by atoms with Crippen LogP contribution in [0.4, 0.5) is 0 Å². The minimum absolute atomic E-state index is 0.0393. The molecule has 0 aliphatic carbocycles. The molecule has 1 fully saturated rings. The largest absolute Gasteiger partial charge is 0.459 e. The van der Waals surface area contributed by atoms with Crippen LogP contribution in [-0.4, -0.2) is 40.4 Å². The Morgan fingerprint density at radius 1 is 1.50 bits per heavy atom. The topological polar surface area (TPSA) is 62.6 Å². The minimum atomic E-state index is -0.419. The van der Waals surface area contributed by atoms with E-state index < -0.39 is 6.04 Å². The molecule has 6 heteroatoms. The van der Waals surface area contributed by atoms with Gasteiger partial charge in [-0.3, -0.25) is 9.59 Å². The minimum Gasteiger partial charge on any atom is -0.459 e. The first-order valence-electron chi connectivity index (χ1n) is 7.80. The number of amides is 2. The van der Waals surface area contributed by atoms with Crippen molar-refractivity contribution in [2.24, 2.45) is 5.92 Å². The average molecular weight is 324 g/mol. The van der Waals surface area contributed by atoms with Gasteiger partial charge < -0.3 is 14.6 Å². The molecule has 2 amide bonds. The second kappa shape index (κ2) is 7.72. The van der Waals surface area contributed by atoms with Gasteiger partial charge >= 0.3 is 0 Å². The number of carbonyl (C=O) groups excluding carboxylic acids is 2. The Hall–Kier alpha value is -1.43. The Morgan fingerprint density at radius 2 is 2.27 bits per heavy atom. The molecule has 1 aromatic rings. The van der Waals surface area contributed by atoms with Crippen molar-refractivity contribution in [3.63, 3.8) is 0 Å². The van der Waals surface area contributed by atoms with E-state index in [1.54, 1.807) is 28.8 Å². The molecule has 122 valence electrons. The fourth-order valence-corrected chi connectivity index (χ4v) is 3.98. The zero-order valence-electron chi connectivity index (χ0n) is 13.4. The third kappa shape index (κ3) is 3.85. The first-order chi connectivity index (χ1) is 10.5. The van der Waals surface area contributed by atoms with Gasteiger partial charge in [0.1, 0.15) is 6.04 Å². The van der Waals surface area contributed by atoms with Gasteiger partial charge in [-0.2, -0.15) is 0 Å². The van der Waals surface area contributed by atoms with Crippen LogP contribution in [0.1, 0.15) is 44.2 Å². The van der Waals surface area contributed by atoms with E-state index in [0.29, 0.717) is 24.0 Å². The van der Waals surface area contributed by atoms with Crippen molar-refractivity contribution in [2.45, 2.75) is 45.0 Å². The first kappa shape index (κ1) is 16.9. The number of hydrogen-bond donors (Lipinski definition) is 1. The van der Waals surface area contributed by atoms with Gasteiger partial charge in [0.05, 0.1) is 11.6 Å². The van der Waals surface area contributed by atoms with Gasteiger partial charge in [0.15, 0.2) is 5.76 Å². The molecule has 2 heterocycles. The maximum Gasteiger partial charge on any atom is 0.291 e. The molecule has 0 bridgehead atoms. The van der Waals surface area contributed by atoms with Crippen LogP contribution in [0.25, 0.3) is 0 Å². The number of furan rings is 1. The van der Waals surface area contributed by atoms with Crippen molar-refractivity contribution in [3.05, 3.63) is 24.2 Å². The second-order valence-corrected chi connectivity index (χ2v) is 7.13. The van der Waals surface area contributed by atoms with E-state index in [0.717, 1.165) is 12.8 Å². The lowest BCUT2D eigenvalue weighted by atomic mass is 10.2. The van der Waals surface area contributed by atoms with E-state index in [-0.39, 0.29) is 17.2 Å². The number of carbonyl (C=O) groups is 2. The molecule has 2 atom stereocenters. The molecule has 1 aromatic heterocycles. The monoisotopic (exact) mass is 324 g/mol. The number of thioether (sulfide) groups is 1. The van der Waals surface area contributed by atoms with E-state index in [4.69, 9.17) is 4.42 Å². The molecule has 0 aromatic carbocycles. The van der Waals surface area contributed by atoms with E-state index in [9.17, 15) is 9.59 Å². The standard InChI is InChI=1S/C16H24N2O3S/c1-4-6-14-18(16(20)13-7-5-8-21-13)12(10-22-14)15(19)17-9-11(2)3/h5,7-8,11-12,14H,4,6,9-10H2,1-3H3,(H,17,19). The molecule has 22 heavy (non-hydrogen) atoms. The average Bonchev–Trinajstić information content (AvgIpc) is 3.14. The number of hydrogen-bond acceptors (Lipinski definition) is 4. The van der Waals surface area contributed by atoms with Crippen molar-refractivity contribution in [3.8, 4) is 0 Å². The maximum atomic E-state index is 12.7. The van der Waals surface area contributed by atoms with Crippen molar-refractivity contribution in [1.82, 2.24) is 10.2 Å². The molecule has 5 nitrogen and oxygen atoms in total. The quantitative estimate of drug-likeness (QED) is 0.874. The summed E-state index contributed by atoms with van der Waals surface area (Å²) in [4.78, 5) is 26.8. The van der Waals surface area contributed by atoms with Gasteiger partial charge in [-0.1, -0.05) is 27.2 Å². The molecule has 2 unspecified atom stereocenters. The van der Waals surface area contributed by atoms with Gasteiger partial charge in [-0.05, 0) is 24.5 Å². The van der Waals surface area contributed by atoms with Crippen LogP contribution in [-0.2, 0) is 4.79 Å². The molecular weight excluding hydrogens is 300 g/mol. The fraction of sp³-hybridized carbons (Fsp3) is 0.625. The smallest absolute Gasteiger partial charge is 0.291 e. The summed E-state index contributed by atoms with van der Waals surface area (Å²) in [6.45, 7) is 6.81. The third-order valence-electron chi connectivity index (χ3n) is 3.58. The SMILES string of the molecule is CCCC1SCC(C(=O)NCC(C)C)N1C(=O)c1ccco1. The van der Waals surface area contributed by atoms with E-state index in [1.807, 2.05) is 0 Å². The predicted molar refractivity (Wildman–Crippen MR) is 87.7 cm³/mol. The molecule has 1 N–H and O–H groups in total. The highest BCUT2D eigenvalue weighted by Gasteiger charge is 2.42. The summed E-state index contributed by atoms with van der Waals surface area (Å²) >= 11 is 1.67. The van der Waals surface area contributed by atoms with Crippen LogP contribution in [0.2, 0.25) is 0 Å². The highest BCUT2D eigenvalue weighted by Crippen LogP contribution is 2.33. The number of rotatable bonds is 6. The van der Waals surface area contributed by atoms with Crippen LogP contribution in [0.3, 0.4) is 0 Å². The molecule has 1 saturated heterocycles. The highest BCUT2D eigenvalue weighted by molar-refractivity contribution is 8.00. The normalized spacial score (nSPS) is 21.4.